The number of hydrogen-bond acceptors (Lipinski definition) is 6. The van der Waals surface area contributed by atoms with Crippen molar-refractivity contribution < 1.29 is 14.0 Å². The second-order valence-electron chi connectivity index (χ2n) is 4.51. The van der Waals surface area contributed by atoms with Gasteiger partial charge in [0.1, 0.15) is 0 Å². The number of ether oxygens (including phenoxy) is 2. The Kier molecular flexibility index (Phi) is 3.50. The third-order valence-electron chi connectivity index (χ3n) is 3.03. The highest BCUT2D eigenvalue weighted by Crippen LogP contribution is 2.41. The van der Waals surface area contributed by atoms with E-state index in [0.717, 1.165) is 18.4 Å². The predicted octanol–water partition coefficient (Wildman–Crippen LogP) is 2.45. The van der Waals surface area contributed by atoms with Crippen LogP contribution >= 0.6 is 11.6 Å². The fourth-order valence-corrected chi connectivity index (χ4v) is 2.30. The minimum absolute atomic E-state index is 0.163. The second kappa shape index (κ2) is 5.30. The van der Waals surface area contributed by atoms with Crippen LogP contribution in [0.15, 0.2) is 16.7 Å². The van der Waals surface area contributed by atoms with Crippen molar-refractivity contribution in [2.24, 2.45) is 5.73 Å². The van der Waals surface area contributed by atoms with Crippen LogP contribution in [0.2, 0.25) is 5.02 Å². The van der Waals surface area contributed by atoms with E-state index >= 15 is 0 Å². The Balaban J connectivity index is 1.89. The van der Waals surface area contributed by atoms with Crippen LogP contribution in [0, 0.1) is 0 Å². The lowest BCUT2D eigenvalue weighted by atomic mass is 10.1. The quantitative estimate of drug-likeness (QED) is 0.933. The highest BCUT2D eigenvalue weighted by molar-refractivity contribution is 6.32. The average Bonchev–Trinajstić information content (AvgIpc) is 3.07. The lowest BCUT2D eigenvalue weighted by Gasteiger charge is -2.09. The number of benzene rings is 1. The molecule has 0 fully saturated rings. The van der Waals surface area contributed by atoms with E-state index in [-0.39, 0.29) is 6.79 Å². The van der Waals surface area contributed by atoms with Crippen molar-refractivity contribution in [1.82, 2.24) is 10.1 Å². The summed E-state index contributed by atoms with van der Waals surface area (Å²) in [6.45, 7) is 2.21. The Bertz CT molecular complexity index is 629. The highest BCUT2D eigenvalue weighted by Gasteiger charge is 2.23. The van der Waals surface area contributed by atoms with Gasteiger partial charge in [-0.05, 0) is 24.1 Å². The van der Waals surface area contributed by atoms with Gasteiger partial charge in [0.25, 0.3) is 0 Å². The molecule has 106 valence electrons. The summed E-state index contributed by atoms with van der Waals surface area (Å²) in [6.07, 6.45) is 1.67. The predicted molar refractivity (Wildman–Crippen MR) is 71.9 cm³/mol. The molecular formula is C13H14ClN3O3. The van der Waals surface area contributed by atoms with E-state index in [1.165, 1.54) is 0 Å². The van der Waals surface area contributed by atoms with Crippen molar-refractivity contribution in [3.8, 4) is 11.5 Å². The Morgan fingerprint density at radius 2 is 2.25 bits per heavy atom. The standard InChI is InChI=1S/C13H14ClN3O3/c1-2-3-10-16-13(17-20-10)11(15)7-4-8(14)12-9(5-7)18-6-19-12/h4-5,11H,2-3,6,15H2,1H3. The maximum absolute atomic E-state index is 6.15. The molecule has 20 heavy (non-hydrogen) atoms. The van der Waals surface area contributed by atoms with E-state index in [2.05, 4.69) is 10.1 Å². The van der Waals surface area contributed by atoms with Crippen LogP contribution in [0.1, 0.15) is 36.7 Å². The van der Waals surface area contributed by atoms with E-state index in [4.69, 9.17) is 31.3 Å². The SMILES string of the molecule is CCCc1nc(C(N)c2cc(Cl)c3c(c2)OCO3)no1. The maximum atomic E-state index is 6.15. The minimum Gasteiger partial charge on any atom is -0.454 e. The molecule has 0 aliphatic carbocycles. The molecule has 2 aromatic rings. The van der Waals surface area contributed by atoms with Gasteiger partial charge in [-0.1, -0.05) is 23.7 Å². The van der Waals surface area contributed by atoms with E-state index in [0.29, 0.717) is 28.2 Å². The Labute approximate surface area is 120 Å². The number of fused-ring (bicyclic) bond motifs is 1. The monoisotopic (exact) mass is 295 g/mol. The largest absolute Gasteiger partial charge is 0.454 e. The molecule has 1 unspecified atom stereocenters. The summed E-state index contributed by atoms with van der Waals surface area (Å²) in [4.78, 5) is 4.28. The molecule has 0 bridgehead atoms. The second-order valence-corrected chi connectivity index (χ2v) is 4.92. The first-order valence-electron chi connectivity index (χ1n) is 6.36. The van der Waals surface area contributed by atoms with Gasteiger partial charge in [0.05, 0.1) is 11.1 Å². The number of aromatic nitrogens is 2. The summed E-state index contributed by atoms with van der Waals surface area (Å²) >= 11 is 6.14. The van der Waals surface area contributed by atoms with Gasteiger partial charge in [0.15, 0.2) is 17.3 Å². The Morgan fingerprint density at radius 1 is 1.40 bits per heavy atom. The first kappa shape index (κ1) is 13.2. The number of aryl methyl sites for hydroxylation is 1. The summed E-state index contributed by atoms with van der Waals surface area (Å²) < 4.78 is 15.7. The third-order valence-corrected chi connectivity index (χ3v) is 3.32. The summed E-state index contributed by atoms with van der Waals surface area (Å²) in [6, 6.07) is 3.00. The number of hydrogen-bond donors (Lipinski definition) is 1. The van der Waals surface area contributed by atoms with E-state index < -0.39 is 6.04 Å². The molecule has 0 radical (unpaired) electrons. The normalized spacial score (nSPS) is 14.6. The third kappa shape index (κ3) is 2.32. The summed E-state index contributed by atoms with van der Waals surface area (Å²) in [7, 11) is 0. The Hall–Kier alpha value is -1.79. The molecule has 1 aliphatic rings. The van der Waals surface area contributed by atoms with Crippen LogP contribution < -0.4 is 15.2 Å². The molecule has 2 N–H and O–H groups in total. The van der Waals surface area contributed by atoms with E-state index in [1.807, 2.05) is 6.92 Å². The van der Waals surface area contributed by atoms with Gasteiger partial charge < -0.3 is 19.7 Å². The molecular weight excluding hydrogens is 282 g/mol. The topological polar surface area (TPSA) is 83.4 Å². The van der Waals surface area contributed by atoms with Gasteiger partial charge in [0.2, 0.25) is 12.7 Å². The smallest absolute Gasteiger partial charge is 0.231 e. The molecule has 0 spiro atoms. The van der Waals surface area contributed by atoms with Crippen molar-refractivity contribution >= 4 is 11.6 Å². The molecule has 3 rings (SSSR count). The molecule has 7 heteroatoms. The van der Waals surface area contributed by atoms with Crippen LogP contribution in [-0.4, -0.2) is 16.9 Å². The molecule has 1 atom stereocenters. The van der Waals surface area contributed by atoms with Crippen LogP contribution in [0.5, 0.6) is 11.5 Å². The lowest BCUT2D eigenvalue weighted by Crippen LogP contribution is -2.13. The summed E-state index contributed by atoms with van der Waals surface area (Å²) in [5, 5.41) is 4.37. The van der Waals surface area contributed by atoms with Crippen molar-refractivity contribution in [2.45, 2.75) is 25.8 Å². The minimum atomic E-state index is -0.517. The van der Waals surface area contributed by atoms with Crippen molar-refractivity contribution in [3.63, 3.8) is 0 Å². The van der Waals surface area contributed by atoms with Gasteiger partial charge in [-0.2, -0.15) is 4.98 Å². The Morgan fingerprint density at radius 3 is 3.05 bits per heavy atom. The zero-order valence-electron chi connectivity index (χ0n) is 10.9. The lowest BCUT2D eigenvalue weighted by molar-refractivity contribution is 0.174. The molecule has 0 saturated carbocycles. The van der Waals surface area contributed by atoms with E-state index in [9.17, 15) is 0 Å². The molecule has 2 heterocycles. The highest BCUT2D eigenvalue weighted by atomic mass is 35.5. The first-order chi connectivity index (χ1) is 9.69. The maximum Gasteiger partial charge on any atom is 0.231 e. The van der Waals surface area contributed by atoms with Gasteiger partial charge in [-0.15, -0.1) is 0 Å². The van der Waals surface area contributed by atoms with Gasteiger partial charge in [-0.25, -0.2) is 0 Å². The fourth-order valence-electron chi connectivity index (χ4n) is 2.03. The van der Waals surface area contributed by atoms with Gasteiger partial charge in [0, 0.05) is 6.42 Å². The van der Waals surface area contributed by atoms with Crippen LogP contribution in [-0.2, 0) is 6.42 Å². The van der Waals surface area contributed by atoms with Crippen molar-refractivity contribution in [3.05, 3.63) is 34.4 Å². The van der Waals surface area contributed by atoms with Crippen molar-refractivity contribution in [2.75, 3.05) is 6.79 Å². The molecule has 1 aliphatic heterocycles. The summed E-state index contributed by atoms with van der Waals surface area (Å²) in [5.74, 6) is 2.15. The van der Waals surface area contributed by atoms with Crippen molar-refractivity contribution in [1.29, 1.82) is 0 Å². The van der Waals surface area contributed by atoms with Gasteiger partial charge in [-0.3, -0.25) is 0 Å². The molecule has 1 aromatic carbocycles. The average molecular weight is 296 g/mol. The van der Waals surface area contributed by atoms with Crippen LogP contribution in [0.3, 0.4) is 0 Å². The number of nitrogens with two attached hydrogens (primary N) is 1. The van der Waals surface area contributed by atoms with E-state index in [1.54, 1.807) is 12.1 Å². The molecule has 0 amide bonds. The fraction of sp³-hybridized carbons (Fsp3) is 0.385. The molecule has 0 saturated heterocycles. The van der Waals surface area contributed by atoms with Crippen LogP contribution in [0.25, 0.3) is 0 Å². The summed E-state index contributed by atoms with van der Waals surface area (Å²) in [5.41, 5.74) is 6.90. The first-order valence-corrected chi connectivity index (χ1v) is 6.74. The zero-order chi connectivity index (χ0) is 14.1. The van der Waals surface area contributed by atoms with Gasteiger partial charge >= 0.3 is 0 Å². The van der Waals surface area contributed by atoms with Crippen LogP contribution in [0.4, 0.5) is 0 Å². The number of rotatable bonds is 4. The number of halogens is 1. The molecule has 1 aromatic heterocycles. The zero-order valence-corrected chi connectivity index (χ0v) is 11.7. The number of nitrogens with zero attached hydrogens (tertiary/aromatic N) is 2. The molecule has 6 nitrogen and oxygen atoms in total.